The van der Waals surface area contributed by atoms with Crippen molar-refractivity contribution >= 4 is 5.96 Å². The van der Waals surface area contributed by atoms with E-state index >= 15 is 0 Å². The summed E-state index contributed by atoms with van der Waals surface area (Å²) in [6, 6.07) is 4.45. The van der Waals surface area contributed by atoms with Crippen molar-refractivity contribution in [2.24, 2.45) is 10.9 Å². The van der Waals surface area contributed by atoms with Gasteiger partial charge in [0.15, 0.2) is 17.5 Å². The van der Waals surface area contributed by atoms with Crippen LogP contribution in [0, 0.1) is 5.92 Å². The summed E-state index contributed by atoms with van der Waals surface area (Å²) in [4.78, 5) is 4.76. The standard InChI is InChI=1S/C21H35N3O3/c1-6-22-21(24-17-10-7-15(2)8-11-17)23-14-13-16-9-12-18(25-3)20(27-5)19(16)26-4/h9,12,15,17H,6-8,10-11,13-14H2,1-5H3,(H2,22,23,24). The van der Waals surface area contributed by atoms with E-state index in [2.05, 4.69) is 24.5 Å². The van der Waals surface area contributed by atoms with Crippen LogP contribution in [0.15, 0.2) is 17.1 Å². The monoisotopic (exact) mass is 377 g/mol. The molecule has 0 unspecified atom stereocenters. The third kappa shape index (κ3) is 5.94. The molecule has 1 fully saturated rings. The fourth-order valence-corrected chi connectivity index (χ4v) is 3.57. The first-order chi connectivity index (χ1) is 13.1. The number of nitrogens with zero attached hydrogens (tertiary/aromatic N) is 1. The Morgan fingerprint density at radius 2 is 1.74 bits per heavy atom. The molecule has 0 aromatic heterocycles. The van der Waals surface area contributed by atoms with Gasteiger partial charge in [0.1, 0.15) is 0 Å². The van der Waals surface area contributed by atoms with Gasteiger partial charge in [0, 0.05) is 24.7 Å². The number of hydrogen-bond acceptors (Lipinski definition) is 4. The lowest BCUT2D eigenvalue weighted by molar-refractivity contribution is 0.322. The van der Waals surface area contributed by atoms with Crippen LogP contribution in [0.25, 0.3) is 0 Å². The molecule has 1 aliphatic carbocycles. The van der Waals surface area contributed by atoms with Crippen molar-refractivity contribution in [1.82, 2.24) is 10.6 Å². The summed E-state index contributed by atoms with van der Waals surface area (Å²) in [5, 5.41) is 6.96. The van der Waals surface area contributed by atoms with Crippen LogP contribution >= 0.6 is 0 Å². The smallest absolute Gasteiger partial charge is 0.203 e. The zero-order valence-corrected chi connectivity index (χ0v) is 17.4. The minimum atomic E-state index is 0.523. The van der Waals surface area contributed by atoms with Gasteiger partial charge in [-0.1, -0.05) is 13.0 Å². The van der Waals surface area contributed by atoms with Gasteiger partial charge >= 0.3 is 0 Å². The van der Waals surface area contributed by atoms with Crippen LogP contribution in [-0.2, 0) is 6.42 Å². The van der Waals surface area contributed by atoms with Crippen molar-refractivity contribution in [3.8, 4) is 17.2 Å². The Bertz CT molecular complexity index is 611. The van der Waals surface area contributed by atoms with Crippen LogP contribution in [-0.4, -0.2) is 46.4 Å². The zero-order valence-electron chi connectivity index (χ0n) is 17.4. The maximum Gasteiger partial charge on any atom is 0.203 e. The molecule has 1 aromatic carbocycles. The van der Waals surface area contributed by atoms with Crippen molar-refractivity contribution < 1.29 is 14.2 Å². The Hall–Kier alpha value is -2.11. The molecule has 6 heteroatoms. The fraction of sp³-hybridized carbons (Fsp3) is 0.667. The Kier molecular flexibility index (Phi) is 8.55. The number of methoxy groups -OCH3 is 3. The van der Waals surface area contributed by atoms with Crippen LogP contribution < -0.4 is 24.8 Å². The average Bonchev–Trinajstić information content (AvgIpc) is 2.69. The van der Waals surface area contributed by atoms with Gasteiger partial charge in [0.05, 0.1) is 21.3 Å². The van der Waals surface area contributed by atoms with E-state index < -0.39 is 0 Å². The molecule has 0 atom stereocenters. The van der Waals surface area contributed by atoms with Gasteiger partial charge in [-0.15, -0.1) is 0 Å². The second-order valence-electron chi connectivity index (χ2n) is 7.11. The van der Waals surface area contributed by atoms with E-state index in [1.54, 1.807) is 21.3 Å². The maximum absolute atomic E-state index is 5.56. The Morgan fingerprint density at radius 1 is 1.04 bits per heavy atom. The molecule has 1 aliphatic rings. The predicted octanol–water partition coefficient (Wildman–Crippen LogP) is 3.39. The number of benzene rings is 1. The summed E-state index contributed by atoms with van der Waals surface area (Å²) in [7, 11) is 4.90. The molecule has 2 rings (SSSR count). The predicted molar refractivity (Wildman–Crippen MR) is 110 cm³/mol. The van der Waals surface area contributed by atoms with E-state index in [1.807, 2.05) is 12.1 Å². The topological polar surface area (TPSA) is 64.1 Å². The summed E-state index contributed by atoms with van der Waals surface area (Å²) in [6.07, 6.45) is 5.78. The number of ether oxygens (including phenoxy) is 3. The molecule has 152 valence electrons. The molecule has 1 saturated carbocycles. The number of nitrogens with one attached hydrogen (secondary N) is 2. The molecule has 6 nitrogen and oxygen atoms in total. The van der Waals surface area contributed by atoms with Crippen LogP contribution in [0.5, 0.6) is 17.2 Å². The molecule has 0 heterocycles. The SMILES string of the molecule is CCNC(=NCCc1ccc(OC)c(OC)c1OC)NC1CCC(C)CC1. The first kappa shape index (κ1) is 21.2. The third-order valence-corrected chi connectivity index (χ3v) is 5.14. The molecular formula is C21H35N3O3. The Labute approximate surface area is 163 Å². The first-order valence-corrected chi connectivity index (χ1v) is 9.95. The van der Waals surface area contributed by atoms with Crippen molar-refractivity contribution in [3.05, 3.63) is 17.7 Å². The molecule has 0 bridgehead atoms. The molecule has 0 amide bonds. The van der Waals surface area contributed by atoms with E-state index in [1.165, 1.54) is 25.7 Å². The molecule has 0 radical (unpaired) electrons. The summed E-state index contributed by atoms with van der Waals surface area (Å²) in [5.74, 6) is 3.76. The maximum atomic E-state index is 5.56. The zero-order chi connectivity index (χ0) is 19.6. The molecule has 27 heavy (non-hydrogen) atoms. The van der Waals surface area contributed by atoms with Crippen LogP contribution in [0.1, 0.15) is 45.1 Å². The number of guanidine groups is 1. The molecule has 0 aliphatic heterocycles. The summed E-state index contributed by atoms with van der Waals surface area (Å²) >= 11 is 0. The number of rotatable bonds is 8. The van der Waals surface area contributed by atoms with Gasteiger partial charge < -0.3 is 24.8 Å². The van der Waals surface area contributed by atoms with Gasteiger partial charge in [-0.3, -0.25) is 4.99 Å². The minimum absolute atomic E-state index is 0.523. The third-order valence-electron chi connectivity index (χ3n) is 5.14. The highest BCUT2D eigenvalue weighted by atomic mass is 16.5. The van der Waals surface area contributed by atoms with Gasteiger partial charge in [-0.2, -0.15) is 0 Å². The highest BCUT2D eigenvalue weighted by Crippen LogP contribution is 2.39. The lowest BCUT2D eigenvalue weighted by Crippen LogP contribution is -2.44. The quantitative estimate of drug-likeness (QED) is 0.537. The Balaban J connectivity index is 2.02. The Morgan fingerprint density at radius 3 is 2.33 bits per heavy atom. The molecule has 1 aromatic rings. The largest absolute Gasteiger partial charge is 0.493 e. The van der Waals surface area contributed by atoms with Crippen LogP contribution in [0.3, 0.4) is 0 Å². The second-order valence-corrected chi connectivity index (χ2v) is 7.11. The van der Waals surface area contributed by atoms with Gasteiger partial charge in [-0.05, 0) is 51.0 Å². The summed E-state index contributed by atoms with van der Waals surface area (Å²) < 4.78 is 16.4. The lowest BCUT2D eigenvalue weighted by Gasteiger charge is -2.28. The lowest BCUT2D eigenvalue weighted by atomic mass is 9.87. The molecular weight excluding hydrogens is 342 g/mol. The normalized spacial score (nSPS) is 20.1. The number of hydrogen-bond donors (Lipinski definition) is 2. The summed E-state index contributed by atoms with van der Waals surface area (Å²) in [6.45, 7) is 5.96. The van der Waals surface area contributed by atoms with Crippen LogP contribution in [0.2, 0.25) is 0 Å². The first-order valence-electron chi connectivity index (χ1n) is 9.95. The average molecular weight is 378 g/mol. The molecule has 0 spiro atoms. The van der Waals surface area contributed by atoms with E-state index in [0.717, 1.165) is 30.4 Å². The van der Waals surface area contributed by atoms with E-state index in [4.69, 9.17) is 19.2 Å². The minimum Gasteiger partial charge on any atom is -0.493 e. The van der Waals surface area contributed by atoms with Crippen LogP contribution in [0.4, 0.5) is 0 Å². The van der Waals surface area contributed by atoms with E-state index in [-0.39, 0.29) is 0 Å². The highest BCUT2D eigenvalue weighted by Gasteiger charge is 2.19. The second kappa shape index (κ2) is 10.9. The fourth-order valence-electron chi connectivity index (χ4n) is 3.57. The van der Waals surface area contributed by atoms with Gasteiger partial charge in [0.2, 0.25) is 5.75 Å². The van der Waals surface area contributed by atoms with E-state index in [0.29, 0.717) is 29.8 Å². The molecule has 2 N–H and O–H groups in total. The van der Waals surface area contributed by atoms with E-state index in [9.17, 15) is 0 Å². The van der Waals surface area contributed by atoms with Crippen molar-refractivity contribution in [2.45, 2.75) is 52.0 Å². The van der Waals surface area contributed by atoms with Gasteiger partial charge in [-0.25, -0.2) is 0 Å². The summed E-state index contributed by atoms with van der Waals surface area (Å²) in [5.41, 5.74) is 1.06. The highest BCUT2D eigenvalue weighted by molar-refractivity contribution is 5.80. The number of aliphatic imine (C=N–C) groups is 1. The molecule has 0 saturated heterocycles. The van der Waals surface area contributed by atoms with Gasteiger partial charge in [0.25, 0.3) is 0 Å². The van der Waals surface area contributed by atoms with Crippen molar-refractivity contribution in [2.75, 3.05) is 34.4 Å². The van der Waals surface area contributed by atoms with Crippen molar-refractivity contribution in [1.29, 1.82) is 0 Å². The van der Waals surface area contributed by atoms with Crippen molar-refractivity contribution in [3.63, 3.8) is 0 Å².